The van der Waals surface area contributed by atoms with Gasteiger partial charge in [0, 0.05) is 35.3 Å². The Balaban J connectivity index is 1.61. The SMILES string of the molecule is COc1ccc2cc(-c3cnn4ccnc(C5=CCC(C(N)=O)CC5)c34)ccc2n1. The monoisotopic (exact) mass is 399 g/mol. The average molecular weight is 399 g/mol. The number of pyridine rings is 1. The number of hydrogen-bond acceptors (Lipinski definition) is 5. The second-order valence-electron chi connectivity index (χ2n) is 7.49. The molecule has 3 heterocycles. The molecule has 0 spiro atoms. The molecule has 1 aliphatic rings. The molecule has 7 heteroatoms. The Hall–Kier alpha value is -3.74. The number of nitrogens with zero attached hydrogens (tertiary/aromatic N) is 4. The van der Waals surface area contributed by atoms with Crippen molar-refractivity contribution < 1.29 is 9.53 Å². The van der Waals surface area contributed by atoms with Gasteiger partial charge in [-0.15, -0.1) is 0 Å². The van der Waals surface area contributed by atoms with Gasteiger partial charge in [0.05, 0.1) is 30.0 Å². The molecule has 2 N–H and O–H groups in total. The predicted octanol–water partition coefficient (Wildman–Crippen LogP) is 3.62. The number of ether oxygens (including phenoxy) is 1. The van der Waals surface area contributed by atoms with Crippen LogP contribution in [0.25, 0.3) is 33.1 Å². The number of aromatic nitrogens is 4. The van der Waals surface area contributed by atoms with E-state index < -0.39 is 0 Å². The van der Waals surface area contributed by atoms with Gasteiger partial charge in [-0.2, -0.15) is 5.10 Å². The van der Waals surface area contributed by atoms with Crippen LogP contribution in [0.15, 0.2) is 55.0 Å². The second-order valence-corrected chi connectivity index (χ2v) is 7.49. The van der Waals surface area contributed by atoms with Crippen LogP contribution in [0.3, 0.4) is 0 Å². The lowest BCUT2D eigenvalue weighted by atomic mass is 9.87. The number of rotatable bonds is 4. The summed E-state index contributed by atoms with van der Waals surface area (Å²) in [6.07, 6.45) is 9.74. The molecule has 0 aliphatic heterocycles. The first-order chi connectivity index (χ1) is 14.6. The zero-order valence-electron chi connectivity index (χ0n) is 16.6. The molecule has 0 fully saturated rings. The maximum atomic E-state index is 11.5. The van der Waals surface area contributed by atoms with E-state index in [4.69, 9.17) is 10.5 Å². The standard InChI is InChI=1S/C23H21N5O2/c1-30-20-9-7-17-12-16(6-8-19(17)27-20)18-13-26-28-11-10-25-21(22(18)28)14-2-4-15(5-3-14)23(24)29/h2,6-13,15H,3-5H2,1H3,(H2,24,29). The van der Waals surface area contributed by atoms with Crippen LogP contribution >= 0.6 is 0 Å². The van der Waals surface area contributed by atoms with Crippen molar-refractivity contribution in [1.82, 2.24) is 19.6 Å². The number of methoxy groups -OCH3 is 1. The largest absolute Gasteiger partial charge is 0.481 e. The minimum absolute atomic E-state index is 0.0946. The number of hydrogen-bond donors (Lipinski definition) is 1. The molecular formula is C23H21N5O2. The van der Waals surface area contributed by atoms with Crippen molar-refractivity contribution in [3.63, 3.8) is 0 Å². The van der Waals surface area contributed by atoms with Crippen LogP contribution in [0.1, 0.15) is 25.0 Å². The maximum Gasteiger partial charge on any atom is 0.220 e. The minimum atomic E-state index is -0.233. The van der Waals surface area contributed by atoms with Crippen LogP contribution in [0, 0.1) is 5.92 Å². The molecule has 30 heavy (non-hydrogen) atoms. The molecule has 1 atom stereocenters. The summed E-state index contributed by atoms with van der Waals surface area (Å²) in [5, 5.41) is 5.57. The Labute approximate surface area is 173 Å². The summed E-state index contributed by atoms with van der Waals surface area (Å²) in [5.41, 5.74) is 11.4. The highest BCUT2D eigenvalue weighted by Crippen LogP contribution is 2.35. The predicted molar refractivity (Wildman–Crippen MR) is 115 cm³/mol. The quantitative estimate of drug-likeness (QED) is 0.565. The van der Waals surface area contributed by atoms with Crippen molar-refractivity contribution in [2.24, 2.45) is 11.7 Å². The van der Waals surface area contributed by atoms with Crippen molar-refractivity contribution in [2.45, 2.75) is 19.3 Å². The number of fused-ring (bicyclic) bond motifs is 2. The fourth-order valence-corrected chi connectivity index (χ4v) is 4.09. The number of allylic oxidation sites excluding steroid dienone is 2. The third kappa shape index (κ3) is 3.08. The zero-order chi connectivity index (χ0) is 20.7. The summed E-state index contributed by atoms with van der Waals surface area (Å²) < 4.78 is 7.08. The Morgan fingerprint density at radius 3 is 2.93 bits per heavy atom. The minimum Gasteiger partial charge on any atom is -0.481 e. The number of amides is 1. The van der Waals surface area contributed by atoms with Crippen molar-refractivity contribution >= 4 is 27.9 Å². The van der Waals surface area contributed by atoms with Gasteiger partial charge in [-0.3, -0.25) is 9.78 Å². The molecule has 5 rings (SSSR count). The highest BCUT2D eigenvalue weighted by atomic mass is 16.5. The Bertz CT molecular complexity index is 1310. The van der Waals surface area contributed by atoms with E-state index in [1.807, 2.05) is 41.2 Å². The van der Waals surface area contributed by atoms with Crippen molar-refractivity contribution in [2.75, 3.05) is 7.11 Å². The second kappa shape index (κ2) is 7.26. The number of nitrogens with two attached hydrogens (primary N) is 1. The van der Waals surface area contributed by atoms with Crippen LogP contribution in [0.5, 0.6) is 5.88 Å². The first-order valence-corrected chi connectivity index (χ1v) is 9.90. The average Bonchev–Trinajstić information content (AvgIpc) is 3.23. The van der Waals surface area contributed by atoms with Crippen LogP contribution in [-0.4, -0.2) is 32.6 Å². The summed E-state index contributed by atoms with van der Waals surface area (Å²) in [5.74, 6) is 0.266. The molecule has 0 saturated heterocycles. The molecule has 150 valence electrons. The molecule has 1 unspecified atom stereocenters. The van der Waals surface area contributed by atoms with Gasteiger partial charge in [-0.25, -0.2) is 9.50 Å². The van der Waals surface area contributed by atoms with Gasteiger partial charge in [-0.05, 0) is 48.6 Å². The van der Waals surface area contributed by atoms with Crippen LogP contribution in [0.2, 0.25) is 0 Å². The van der Waals surface area contributed by atoms with Gasteiger partial charge in [0.2, 0.25) is 11.8 Å². The normalized spacial score (nSPS) is 16.6. The van der Waals surface area contributed by atoms with E-state index >= 15 is 0 Å². The Morgan fingerprint density at radius 2 is 2.17 bits per heavy atom. The zero-order valence-corrected chi connectivity index (χ0v) is 16.6. The van der Waals surface area contributed by atoms with Crippen molar-refractivity contribution in [3.8, 4) is 17.0 Å². The van der Waals surface area contributed by atoms with E-state index in [0.29, 0.717) is 12.3 Å². The van der Waals surface area contributed by atoms with Crippen molar-refractivity contribution in [3.05, 3.63) is 60.7 Å². The fraction of sp³-hybridized carbons (Fsp3) is 0.217. The lowest BCUT2D eigenvalue weighted by molar-refractivity contribution is -0.121. The third-order valence-corrected chi connectivity index (χ3v) is 5.73. The molecule has 0 radical (unpaired) electrons. The van der Waals surface area contributed by atoms with E-state index in [1.54, 1.807) is 13.3 Å². The molecule has 1 aliphatic carbocycles. The molecule has 3 aromatic heterocycles. The van der Waals surface area contributed by atoms with E-state index in [-0.39, 0.29) is 11.8 Å². The molecule has 0 bridgehead atoms. The summed E-state index contributed by atoms with van der Waals surface area (Å²) in [4.78, 5) is 20.7. The summed E-state index contributed by atoms with van der Waals surface area (Å²) in [6, 6.07) is 10.00. The number of primary amides is 1. The van der Waals surface area contributed by atoms with Crippen molar-refractivity contribution in [1.29, 1.82) is 0 Å². The molecule has 7 nitrogen and oxygen atoms in total. The van der Waals surface area contributed by atoms with E-state index in [2.05, 4.69) is 27.2 Å². The first kappa shape index (κ1) is 18.3. The van der Waals surface area contributed by atoms with Gasteiger partial charge < -0.3 is 10.5 Å². The summed E-state index contributed by atoms with van der Waals surface area (Å²) >= 11 is 0. The lowest BCUT2D eigenvalue weighted by Gasteiger charge is -2.19. The van der Waals surface area contributed by atoms with Gasteiger partial charge in [0.15, 0.2) is 0 Å². The topological polar surface area (TPSA) is 95.4 Å². The molecular weight excluding hydrogens is 378 g/mol. The Morgan fingerprint density at radius 1 is 1.27 bits per heavy atom. The molecule has 1 aromatic carbocycles. The Kier molecular flexibility index (Phi) is 4.43. The van der Waals surface area contributed by atoms with E-state index in [0.717, 1.165) is 51.7 Å². The van der Waals surface area contributed by atoms with Gasteiger partial charge in [0.25, 0.3) is 0 Å². The van der Waals surface area contributed by atoms with Gasteiger partial charge in [0.1, 0.15) is 0 Å². The highest BCUT2D eigenvalue weighted by Gasteiger charge is 2.23. The van der Waals surface area contributed by atoms with Crippen LogP contribution in [0.4, 0.5) is 0 Å². The number of carbonyl (C=O) groups excluding carboxylic acids is 1. The lowest BCUT2D eigenvalue weighted by Crippen LogP contribution is -2.24. The van der Waals surface area contributed by atoms with E-state index in [1.165, 1.54) is 0 Å². The molecule has 4 aromatic rings. The summed E-state index contributed by atoms with van der Waals surface area (Å²) in [6.45, 7) is 0. The number of carbonyl (C=O) groups is 1. The highest BCUT2D eigenvalue weighted by molar-refractivity contribution is 5.93. The smallest absolute Gasteiger partial charge is 0.220 e. The van der Waals surface area contributed by atoms with Gasteiger partial charge in [-0.1, -0.05) is 12.1 Å². The third-order valence-electron chi connectivity index (χ3n) is 5.73. The van der Waals surface area contributed by atoms with Crippen LogP contribution in [-0.2, 0) is 4.79 Å². The molecule has 1 amide bonds. The van der Waals surface area contributed by atoms with Gasteiger partial charge >= 0.3 is 0 Å². The maximum absolute atomic E-state index is 11.5. The molecule has 0 saturated carbocycles. The van der Waals surface area contributed by atoms with E-state index in [9.17, 15) is 4.79 Å². The van der Waals surface area contributed by atoms with Crippen LogP contribution < -0.4 is 10.5 Å². The number of benzene rings is 1. The summed E-state index contributed by atoms with van der Waals surface area (Å²) in [7, 11) is 1.61. The fourth-order valence-electron chi connectivity index (χ4n) is 4.09. The first-order valence-electron chi connectivity index (χ1n) is 9.90.